The van der Waals surface area contributed by atoms with Crippen molar-refractivity contribution in [3.8, 4) is 0 Å². The van der Waals surface area contributed by atoms with Gasteiger partial charge in [0.2, 0.25) is 5.91 Å². The second kappa shape index (κ2) is 6.34. The van der Waals surface area contributed by atoms with Crippen LogP contribution in [0.3, 0.4) is 0 Å². The highest BCUT2D eigenvalue weighted by Crippen LogP contribution is 2.36. The average Bonchev–Trinajstić information content (AvgIpc) is 2.97. The lowest BCUT2D eigenvalue weighted by Crippen LogP contribution is -2.38. The van der Waals surface area contributed by atoms with Gasteiger partial charge in [0.05, 0.1) is 12.1 Å². The van der Waals surface area contributed by atoms with Gasteiger partial charge >= 0.3 is 0 Å². The normalized spacial score (nSPS) is 28.2. The van der Waals surface area contributed by atoms with Gasteiger partial charge in [0.15, 0.2) is 0 Å². The fraction of sp³-hybridized carbons (Fsp3) is 0.533. The van der Waals surface area contributed by atoms with Gasteiger partial charge in [-0.1, -0.05) is 0 Å². The van der Waals surface area contributed by atoms with Crippen LogP contribution in [0.2, 0.25) is 0 Å². The number of hydrogen-bond donors (Lipinski definition) is 2. The zero-order valence-electron chi connectivity index (χ0n) is 11.7. The first-order valence-corrected chi connectivity index (χ1v) is 8.24. The Balaban J connectivity index is 1.69. The van der Waals surface area contributed by atoms with E-state index in [0.29, 0.717) is 13.0 Å². The minimum absolute atomic E-state index is 0.0209. The summed E-state index contributed by atoms with van der Waals surface area (Å²) in [7, 11) is 0. The summed E-state index contributed by atoms with van der Waals surface area (Å²) in [6.45, 7) is 0.442. The van der Waals surface area contributed by atoms with E-state index < -0.39 is 6.10 Å². The van der Waals surface area contributed by atoms with E-state index in [0.717, 1.165) is 29.1 Å². The molecule has 1 saturated heterocycles. The second-order valence-electron chi connectivity index (χ2n) is 5.44. The molecule has 21 heavy (non-hydrogen) atoms. The number of ether oxygens (including phenoxy) is 1. The molecule has 0 spiro atoms. The third-order valence-electron chi connectivity index (χ3n) is 3.99. The Kier molecular flexibility index (Phi) is 4.47. The largest absolute Gasteiger partial charge is 0.364 e. The van der Waals surface area contributed by atoms with Crippen LogP contribution in [0, 0.1) is 5.82 Å². The van der Waals surface area contributed by atoms with Gasteiger partial charge < -0.3 is 15.8 Å². The first kappa shape index (κ1) is 14.8. The van der Waals surface area contributed by atoms with Crippen molar-refractivity contribution >= 4 is 17.7 Å². The van der Waals surface area contributed by atoms with Gasteiger partial charge in [-0.15, -0.1) is 11.8 Å². The van der Waals surface area contributed by atoms with Gasteiger partial charge in [-0.2, -0.15) is 0 Å². The van der Waals surface area contributed by atoms with Crippen molar-refractivity contribution in [1.82, 2.24) is 5.32 Å². The van der Waals surface area contributed by atoms with Crippen LogP contribution in [0.15, 0.2) is 23.1 Å². The van der Waals surface area contributed by atoms with Crippen LogP contribution >= 0.6 is 11.8 Å². The zero-order valence-corrected chi connectivity index (χ0v) is 12.5. The standard InChI is InChI=1S/C15H19FN2O2S/c16-9-1-4-14-11(7-9)12(5-6-21-14)18-15(19)13-3-2-10(8-17)20-13/h1,4,7,10,12-13H,2-3,5-6,8,17H2,(H,18,19)/t10-,12?,13+/m1/s1. The molecule has 3 atom stereocenters. The molecule has 2 aliphatic rings. The highest BCUT2D eigenvalue weighted by molar-refractivity contribution is 7.99. The van der Waals surface area contributed by atoms with Crippen molar-refractivity contribution in [3.05, 3.63) is 29.6 Å². The number of hydrogen-bond acceptors (Lipinski definition) is 4. The fourth-order valence-corrected chi connectivity index (χ4v) is 3.96. The van der Waals surface area contributed by atoms with Crippen LogP contribution < -0.4 is 11.1 Å². The van der Waals surface area contributed by atoms with E-state index in [4.69, 9.17) is 10.5 Å². The first-order chi connectivity index (χ1) is 10.2. The molecule has 4 nitrogen and oxygen atoms in total. The van der Waals surface area contributed by atoms with Crippen LogP contribution in [-0.2, 0) is 9.53 Å². The predicted octanol–water partition coefficient (Wildman–Crippen LogP) is 1.99. The lowest BCUT2D eigenvalue weighted by molar-refractivity contribution is -0.132. The predicted molar refractivity (Wildman–Crippen MR) is 79.6 cm³/mol. The van der Waals surface area contributed by atoms with Crippen molar-refractivity contribution in [2.45, 2.75) is 42.4 Å². The van der Waals surface area contributed by atoms with Gasteiger partial charge in [0.1, 0.15) is 11.9 Å². The highest BCUT2D eigenvalue weighted by Gasteiger charge is 2.32. The molecule has 0 radical (unpaired) electrons. The quantitative estimate of drug-likeness (QED) is 0.896. The summed E-state index contributed by atoms with van der Waals surface area (Å²) in [5, 5.41) is 3.00. The monoisotopic (exact) mass is 310 g/mol. The Morgan fingerprint density at radius 3 is 3.05 bits per heavy atom. The molecule has 1 fully saturated rings. The zero-order chi connectivity index (χ0) is 14.8. The third-order valence-corrected chi connectivity index (χ3v) is 5.11. The number of nitrogens with two attached hydrogens (primary N) is 1. The van der Waals surface area contributed by atoms with Gasteiger partial charge in [-0.3, -0.25) is 4.79 Å². The van der Waals surface area contributed by atoms with Crippen molar-refractivity contribution < 1.29 is 13.9 Å². The number of thioether (sulfide) groups is 1. The Labute approximate surface area is 127 Å². The molecular formula is C15H19FN2O2S. The van der Waals surface area contributed by atoms with Crippen LogP contribution in [0.5, 0.6) is 0 Å². The molecule has 1 aromatic rings. The summed E-state index contributed by atoms with van der Waals surface area (Å²) in [5.74, 6) is 0.537. The van der Waals surface area contributed by atoms with E-state index >= 15 is 0 Å². The molecule has 2 aliphatic heterocycles. The molecule has 0 aliphatic carbocycles. The number of fused-ring (bicyclic) bond motifs is 1. The van der Waals surface area contributed by atoms with Crippen LogP contribution in [-0.4, -0.2) is 30.4 Å². The molecular weight excluding hydrogens is 291 g/mol. The van der Waals surface area contributed by atoms with E-state index in [2.05, 4.69) is 5.32 Å². The first-order valence-electron chi connectivity index (χ1n) is 7.25. The topological polar surface area (TPSA) is 64.4 Å². The summed E-state index contributed by atoms with van der Waals surface area (Å²) < 4.78 is 19.1. The molecule has 2 heterocycles. The van der Waals surface area contributed by atoms with Crippen LogP contribution in [0.4, 0.5) is 4.39 Å². The lowest BCUT2D eigenvalue weighted by atomic mass is 10.0. The summed E-state index contributed by atoms with van der Waals surface area (Å²) in [6.07, 6.45) is 1.88. The molecule has 0 aromatic heterocycles. The lowest BCUT2D eigenvalue weighted by Gasteiger charge is -2.27. The summed E-state index contributed by atoms with van der Waals surface area (Å²) in [4.78, 5) is 13.3. The van der Waals surface area contributed by atoms with Crippen molar-refractivity contribution in [2.75, 3.05) is 12.3 Å². The Hall–Kier alpha value is -1.11. The maximum Gasteiger partial charge on any atom is 0.249 e. The summed E-state index contributed by atoms with van der Waals surface area (Å²) in [6, 6.07) is 4.63. The molecule has 0 saturated carbocycles. The smallest absolute Gasteiger partial charge is 0.249 e. The van der Waals surface area contributed by atoms with Crippen LogP contribution in [0.25, 0.3) is 0 Å². The second-order valence-corrected chi connectivity index (χ2v) is 6.58. The molecule has 114 valence electrons. The van der Waals surface area contributed by atoms with Gasteiger partial charge in [-0.25, -0.2) is 4.39 Å². The van der Waals surface area contributed by atoms with E-state index in [1.165, 1.54) is 12.1 Å². The maximum atomic E-state index is 13.4. The average molecular weight is 310 g/mol. The number of nitrogens with one attached hydrogen (secondary N) is 1. The molecule has 3 N–H and O–H groups in total. The molecule has 1 amide bonds. The minimum Gasteiger partial charge on any atom is -0.364 e. The fourth-order valence-electron chi connectivity index (χ4n) is 2.85. The van der Waals surface area contributed by atoms with E-state index in [1.54, 1.807) is 17.8 Å². The van der Waals surface area contributed by atoms with Gasteiger partial charge in [-0.05, 0) is 43.0 Å². The van der Waals surface area contributed by atoms with E-state index in [9.17, 15) is 9.18 Å². The molecule has 6 heteroatoms. The van der Waals surface area contributed by atoms with Crippen molar-refractivity contribution in [1.29, 1.82) is 0 Å². The summed E-state index contributed by atoms with van der Waals surface area (Å²) in [5.41, 5.74) is 6.43. The van der Waals surface area contributed by atoms with E-state index in [1.807, 2.05) is 0 Å². The van der Waals surface area contributed by atoms with E-state index in [-0.39, 0.29) is 23.9 Å². The Bertz CT molecular complexity index is 540. The molecule has 1 unspecified atom stereocenters. The van der Waals surface area contributed by atoms with Crippen molar-refractivity contribution in [2.24, 2.45) is 5.73 Å². The molecule has 0 bridgehead atoms. The minimum atomic E-state index is -0.426. The van der Waals surface area contributed by atoms with Crippen molar-refractivity contribution in [3.63, 3.8) is 0 Å². The highest BCUT2D eigenvalue weighted by atomic mass is 32.2. The molecule has 3 rings (SSSR count). The number of carbonyl (C=O) groups excluding carboxylic acids is 1. The number of amides is 1. The third kappa shape index (κ3) is 3.22. The molecule has 1 aromatic carbocycles. The van der Waals surface area contributed by atoms with Gasteiger partial charge in [0.25, 0.3) is 0 Å². The van der Waals surface area contributed by atoms with Crippen LogP contribution in [0.1, 0.15) is 30.9 Å². The summed E-state index contributed by atoms with van der Waals surface area (Å²) >= 11 is 1.70. The number of halogens is 1. The van der Waals surface area contributed by atoms with Gasteiger partial charge in [0, 0.05) is 17.2 Å². The SMILES string of the molecule is NC[C@H]1CC[C@@H](C(=O)NC2CCSc3ccc(F)cc32)O1. The Morgan fingerprint density at radius 1 is 1.43 bits per heavy atom. The maximum absolute atomic E-state index is 13.4. The number of rotatable bonds is 3. The Morgan fingerprint density at radius 2 is 2.29 bits per heavy atom. The number of carbonyl (C=O) groups is 1. The number of benzene rings is 1.